The van der Waals surface area contributed by atoms with Gasteiger partial charge in [-0.05, 0) is 33.3 Å². The van der Waals surface area contributed by atoms with Gasteiger partial charge in [0.1, 0.15) is 12.2 Å². The standard InChI is InChI=1S/C17H23NO6/c1-16(2,3)24-15(21)18-10-13(19)17(4,22)14(20)23-11-12-8-6-5-7-9-12/h5-9,22H,10-11H2,1-4H3,(H,18,21). The van der Waals surface area contributed by atoms with Crippen LogP contribution in [-0.4, -0.2) is 40.7 Å². The molecule has 0 heterocycles. The maximum atomic E-state index is 12.0. The molecule has 1 aromatic rings. The van der Waals surface area contributed by atoms with Crippen LogP contribution in [0.5, 0.6) is 0 Å². The number of ether oxygens (including phenoxy) is 2. The van der Waals surface area contributed by atoms with Crippen molar-refractivity contribution in [2.75, 3.05) is 6.54 Å². The lowest BCUT2D eigenvalue weighted by atomic mass is 10.0. The number of amides is 1. The zero-order valence-corrected chi connectivity index (χ0v) is 14.3. The topological polar surface area (TPSA) is 102 Å². The molecule has 7 nitrogen and oxygen atoms in total. The average Bonchev–Trinajstić information content (AvgIpc) is 2.49. The van der Waals surface area contributed by atoms with E-state index in [-0.39, 0.29) is 6.61 Å². The van der Waals surface area contributed by atoms with Gasteiger partial charge in [0, 0.05) is 0 Å². The first-order valence-electron chi connectivity index (χ1n) is 7.46. The lowest BCUT2D eigenvalue weighted by Gasteiger charge is -2.22. The van der Waals surface area contributed by atoms with Gasteiger partial charge in [0.2, 0.25) is 5.60 Å². The van der Waals surface area contributed by atoms with Gasteiger partial charge in [-0.25, -0.2) is 9.59 Å². The van der Waals surface area contributed by atoms with Gasteiger partial charge in [-0.1, -0.05) is 30.3 Å². The molecule has 24 heavy (non-hydrogen) atoms. The number of esters is 1. The molecule has 1 atom stereocenters. The van der Waals surface area contributed by atoms with Crippen LogP contribution in [0, 0.1) is 0 Å². The van der Waals surface area contributed by atoms with Gasteiger partial charge < -0.3 is 19.9 Å². The van der Waals surface area contributed by atoms with Crippen LogP contribution in [0.15, 0.2) is 30.3 Å². The number of nitrogens with one attached hydrogen (secondary N) is 1. The van der Waals surface area contributed by atoms with E-state index in [1.807, 2.05) is 6.07 Å². The Morgan fingerprint density at radius 1 is 1.08 bits per heavy atom. The number of alkyl carbamates (subject to hydrolysis) is 1. The fourth-order valence-corrected chi connectivity index (χ4v) is 1.62. The molecule has 0 aliphatic carbocycles. The molecule has 1 amide bonds. The normalized spacial score (nSPS) is 13.5. The lowest BCUT2D eigenvalue weighted by Crippen LogP contribution is -2.50. The number of Topliss-reactive ketones (excluding diaryl/α,β-unsaturated/α-hetero) is 1. The number of hydrogen-bond donors (Lipinski definition) is 2. The van der Waals surface area contributed by atoms with Crippen LogP contribution in [0.2, 0.25) is 0 Å². The van der Waals surface area contributed by atoms with Crippen LogP contribution < -0.4 is 5.32 Å². The van der Waals surface area contributed by atoms with Gasteiger partial charge in [0.15, 0.2) is 5.78 Å². The zero-order valence-electron chi connectivity index (χ0n) is 14.3. The first-order valence-corrected chi connectivity index (χ1v) is 7.46. The Morgan fingerprint density at radius 2 is 1.67 bits per heavy atom. The highest BCUT2D eigenvalue weighted by molar-refractivity contribution is 6.07. The van der Waals surface area contributed by atoms with Crippen LogP contribution in [-0.2, 0) is 25.7 Å². The summed E-state index contributed by atoms with van der Waals surface area (Å²) in [6, 6.07) is 8.85. The fraction of sp³-hybridized carbons (Fsp3) is 0.471. The molecule has 7 heteroatoms. The molecule has 0 saturated heterocycles. The van der Waals surface area contributed by atoms with E-state index in [0.29, 0.717) is 0 Å². The van der Waals surface area contributed by atoms with Crippen molar-refractivity contribution >= 4 is 17.8 Å². The molecule has 0 saturated carbocycles. The zero-order chi connectivity index (χ0) is 18.4. The van der Waals surface area contributed by atoms with E-state index in [1.54, 1.807) is 45.0 Å². The van der Waals surface area contributed by atoms with Gasteiger partial charge in [-0.15, -0.1) is 0 Å². The van der Waals surface area contributed by atoms with Crippen molar-refractivity contribution in [2.24, 2.45) is 0 Å². The maximum Gasteiger partial charge on any atom is 0.408 e. The van der Waals surface area contributed by atoms with Crippen molar-refractivity contribution in [3.63, 3.8) is 0 Å². The summed E-state index contributed by atoms with van der Waals surface area (Å²) in [5.74, 6) is -1.98. The molecule has 0 aromatic heterocycles. The monoisotopic (exact) mass is 337 g/mol. The minimum atomic E-state index is -2.36. The number of carbonyl (C=O) groups is 3. The molecule has 0 fully saturated rings. The van der Waals surface area contributed by atoms with E-state index >= 15 is 0 Å². The number of hydrogen-bond acceptors (Lipinski definition) is 6. The summed E-state index contributed by atoms with van der Waals surface area (Å²) < 4.78 is 9.91. The van der Waals surface area contributed by atoms with Crippen molar-refractivity contribution in [2.45, 2.75) is 45.5 Å². The fourth-order valence-electron chi connectivity index (χ4n) is 1.62. The summed E-state index contributed by atoms with van der Waals surface area (Å²) in [6.07, 6.45) is -0.815. The Kier molecular flexibility index (Phi) is 6.48. The predicted molar refractivity (Wildman–Crippen MR) is 86.1 cm³/mol. The SMILES string of the molecule is CC(C)(C)OC(=O)NCC(=O)C(C)(O)C(=O)OCc1ccccc1. The Bertz CT molecular complexity index is 589. The molecule has 0 aliphatic heterocycles. The molecule has 132 valence electrons. The largest absolute Gasteiger partial charge is 0.458 e. The van der Waals surface area contributed by atoms with Crippen molar-refractivity contribution in [3.8, 4) is 0 Å². The minimum Gasteiger partial charge on any atom is -0.458 e. The summed E-state index contributed by atoms with van der Waals surface area (Å²) in [6.45, 7) is 5.42. The highest BCUT2D eigenvalue weighted by Gasteiger charge is 2.40. The van der Waals surface area contributed by atoms with E-state index in [1.165, 1.54) is 0 Å². The summed E-state index contributed by atoms with van der Waals surface area (Å²) in [5, 5.41) is 12.3. The summed E-state index contributed by atoms with van der Waals surface area (Å²) in [7, 11) is 0. The number of benzene rings is 1. The second-order valence-corrected chi connectivity index (χ2v) is 6.41. The predicted octanol–water partition coefficient (Wildman–Crippen LogP) is 1.57. The number of carbonyl (C=O) groups excluding carboxylic acids is 3. The molecule has 1 unspecified atom stereocenters. The maximum absolute atomic E-state index is 12.0. The average molecular weight is 337 g/mol. The third-order valence-electron chi connectivity index (χ3n) is 2.95. The van der Waals surface area contributed by atoms with Crippen molar-refractivity contribution < 1.29 is 29.0 Å². The highest BCUT2D eigenvalue weighted by Crippen LogP contribution is 2.11. The first-order chi connectivity index (χ1) is 11.0. The Labute approximate surface area is 141 Å². The van der Waals surface area contributed by atoms with Crippen molar-refractivity contribution in [1.82, 2.24) is 5.32 Å². The number of ketones is 1. The molecule has 0 bridgehead atoms. The van der Waals surface area contributed by atoms with Crippen LogP contribution >= 0.6 is 0 Å². The number of rotatable bonds is 6. The molecule has 0 aliphatic rings. The number of aliphatic hydroxyl groups is 1. The first kappa shape index (κ1) is 19.6. The summed E-state index contributed by atoms with van der Waals surface area (Å²) in [5.41, 5.74) is -2.35. The summed E-state index contributed by atoms with van der Waals surface area (Å²) in [4.78, 5) is 35.4. The van der Waals surface area contributed by atoms with Gasteiger partial charge >= 0.3 is 12.1 Å². The van der Waals surface area contributed by atoms with Gasteiger partial charge in [-0.2, -0.15) is 0 Å². The Balaban J connectivity index is 2.51. The van der Waals surface area contributed by atoms with E-state index in [9.17, 15) is 19.5 Å². The van der Waals surface area contributed by atoms with E-state index in [2.05, 4.69) is 5.32 Å². The molecule has 1 rings (SSSR count). The second kappa shape index (κ2) is 7.92. The molecule has 2 N–H and O–H groups in total. The molecule has 1 aromatic carbocycles. The summed E-state index contributed by atoms with van der Waals surface area (Å²) >= 11 is 0. The van der Waals surface area contributed by atoms with Crippen LogP contribution in [0.3, 0.4) is 0 Å². The van der Waals surface area contributed by atoms with Gasteiger partial charge in [0.05, 0.1) is 6.54 Å². The van der Waals surface area contributed by atoms with E-state index in [4.69, 9.17) is 9.47 Å². The van der Waals surface area contributed by atoms with Crippen LogP contribution in [0.1, 0.15) is 33.3 Å². The molecular formula is C17H23NO6. The van der Waals surface area contributed by atoms with E-state index in [0.717, 1.165) is 12.5 Å². The van der Waals surface area contributed by atoms with Crippen LogP contribution in [0.4, 0.5) is 4.79 Å². The van der Waals surface area contributed by atoms with Crippen LogP contribution in [0.25, 0.3) is 0 Å². The molecular weight excluding hydrogens is 314 g/mol. The van der Waals surface area contributed by atoms with Crippen molar-refractivity contribution in [1.29, 1.82) is 0 Å². The Hall–Kier alpha value is -2.41. The minimum absolute atomic E-state index is 0.0669. The van der Waals surface area contributed by atoms with Gasteiger partial charge in [0.25, 0.3) is 0 Å². The lowest BCUT2D eigenvalue weighted by molar-refractivity contribution is -0.169. The Morgan fingerprint density at radius 3 is 2.21 bits per heavy atom. The quantitative estimate of drug-likeness (QED) is 0.603. The molecule has 0 radical (unpaired) electrons. The van der Waals surface area contributed by atoms with E-state index < -0.39 is 35.6 Å². The third-order valence-corrected chi connectivity index (χ3v) is 2.95. The second-order valence-electron chi connectivity index (χ2n) is 6.41. The highest BCUT2D eigenvalue weighted by atomic mass is 16.6. The smallest absolute Gasteiger partial charge is 0.408 e. The van der Waals surface area contributed by atoms with Crippen molar-refractivity contribution in [3.05, 3.63) is 35.9 Å². The third kappa shape index (κ3) is 6.37. The van der Waals surface area contributed by atoms with Gasteiger partial charge in [-0.3, -0.25) is 4.79 Å². The molecule has 0 spiro atoms.